The summed E-state index contributed by atoms with van der Waals surface area (Å²) >= 11 is 0. The molecule has 0 atom stereocenters. The second-order valence-electron chi connectivity index (χ2n) is 5.34. The molecule has 6 nitrogen and oxygen atoms in total. The number of hydrogen-bond donors (Lipinski definition) is 2. The summed E-state index contributed by atoms with van der Waals surface area (Å²) in [5.74, 6) is -0.433. The smallest absolute Gasteiger partial charge is 0.344 e. The van der Waals surface area contributed by atoms with Crippen LogP contribution >= 0.6 is 0 Å². The van der Waals surface area contributed by atoms with E-state index in [4.69, 9.17) is 13.6 Å². The van der Waals surface area contributed by atoms with Crippen LogP contribution in [0.5, 0.6) is 17.2 Å². The topological polar surface area (TPSA) is 93.0 Å². The molecule has 0 aliphatic carbocycles. The van der Waals surface area contributed by atoms with Gasteiger partial charge in [-0.15, -0.1) is 0 Å². The van der Waals surface area contributed by atoms with Crippen molar-refractivity contribution in [2.45, 2.75) is 0 Å². The predicted molar refractivity (Wildman–Crippen MR) is 87.6 cm³/mol. The van der Waals surface area contributed by atoms with Crippen molar-refractivity contribution in [2.75, 3.05) is 7.11 Å². The monoisotopic (exact) mass is 324 g/mol. The third-order valence-corrected chi connectivity index (χ3v) is 3.89. The fourth-order valence-electron chi connectivity index (χ4n) is 2.70. The second-order valence-corrected chi connectivity index (χ2v) is 5.34. The zero-order chi connectivity index (χ0) is 16.8. The number of benzene rings is 2. The van der Waals surface area contributed by atoms with Crippen LogP contribution in [0.3, 0.4) is 0 Å². The van der Waals surface area contributed by atoms with Crippen molar-refractivity contribution in [1.29, 1.82) is 0 Å². The third kappa shape index (κ3) is 2.08. The highest BCUT2D eigenvalue weighted by atomic mass is 16.5. The van der Waals surface area contributed by atoms with Gasteiger partial charge in [0.1, 0.15) is 16.9 Å². The molecule has 0 aliphatic heterocycles. The minimum Gasteiger partial charge on any atom is -0.504 e. The van der Waals surface area contributed by atoms with E-state index in [9.17, 15) is 15.0 Å². The summed E-state index contributed by atoms with van der Waals surface area (Å²) in [5, 5.41) is 20.9. The largest absolute Gasteiger partial charge is 0.504 e. The van der Waals surface area contributed by atoms with Crippen molar-refractivity contribution in [3.63, 3.8) is 0 Å². The number of rotatable bonds is 2. The van der Waals surface area contributed by atoms with E-state index in [2.05, 4.69) is 0 Å². The van der Waals surface area contributed by atoms with Gasteiger partial charge >= 0.3 is 5.63 Å². The van der Waals surface area contributed by atoms with Crippen molar-refractivity contribution >= 4 is 21.9 Å². The first-order valence-corrected chi connectivity index (χ1v) is 7.12. The number of fused-ring (bicyclic) bond motifs is 2. The number of furan rings is 1. The van der Waals surface area contributed by atoms with Crippen molar-refractivity contribution in [3.05, 3.63) is 53.1 Å². The van der Waals surface area contributed by atoms with E-state index in [1.54, 1.807) is 18.4 Å². The number of aromatic hydroxyl groups is 2. The molecule has 0 aliphatic rings. The van der Waals surface area contributed by atoms with E-state index in [0.29, 0.717) is 22.1 Å². The molecule has 0 fully saturated rings. The predicted octanol–water partition coefficient (Wildman–Crippen LogP) is 3.63. The molecule has 2 aromatic carbocycles. The van der Waals surface area contributed by atoms with Crippen LogP contribution in [0, 0.1) is 0 Å². The number of phenolic OH excluding ortho intramolecular Hbond substituents is 2. The van der Waals surface area contributed by atoms with Crippen LogP contribution in [0.15, 0.2) is 56.3 Å². The lowest BCUT2D eigenvalue weighted by atomic mass is 10.0. The standard InChI is InChI=1S/C18H12O6/c1-22-17-7-14(20)13(19)6-11(17)12-5-10-4-9-2-3-23-15(9)8-16(10)24-18(12)21/h2-8,19-20H,1H3. The minimum atomic E-state index is -0.586. The van der Waals surface area contributed by atoms with Gasteiger partial charge < -0.3 is 23.8 Å². The van der Waals surface area contributed by atoms with Gasteiger partial charge in [0, 0.05) is 28.5 Å². The van der Waals surface area contributed by atoms with E-state index in [1.807, 2.05) is 12.1 Å². The average Bonchev–Trinajstić information content (AvgIpc) is 3.01. The molecule has 0 bridgehead atoms. The molecular formula is C18H12O6. The molecule has 120 valence electrons. The summed E-state index contributed by atoms with van der Waals surface area (Å²) < 4.78 is 15.9. The number of hydrogen-bond acceptors (Lipinski definition) is 6. The van der Waals surface area contributed by atoms with E-state index >= 15 is 0 Å². The van der Waals surface area contributed by atoms with Gasteiger partial charge in [-0.3, -0.25) is 0 Å². The first-order chi connectivity index (χ1) is 11.6. The van der Waals surface area contributed by atoms with E-state index in [1.165, 1.54) is 19.2 Å². The molecule has 2 aromatic heterocycles. The zero-order valence-electron chi connectivity index (χ0n) is 12.6. The molecule has 4 rings (SSSR count). The Kier molecular flexibility index (Phi) is 2.99. The Balaban J connectivity index is 2.03. The number of methoxy groups -OCH3 is 1. The molecule has 0 unspecified atom stereocenters. The van der Waals surface area contributed by atoms with Gasteiger partial charge in [0.15, 0.2) is 11.5 Å². The first kappa shape index (κ1) is 14.2. The summed E-state index contributed by atoms with van der Waals surface area (Å²) in [4.78, 5) is 12.4. The van der Waals surface area contributed by atoms with Crippen LogP contribution in [0.25, 0.3) is 33.1 Å². The molecule has 0 radical (unpaired) electrons. The summed E-state index contributed by atoms with van der Waals surface area (Å²) in [7, 11) is 1.41. The van der Waals surface area contributed by atoms with Gasteiger partial charge in [0.25, 0.3) is 0 Å². The van der Waals surface area contributed by atoms with Crippen molar-refractivity contribution < 1.29 is 23.8 Å². The Hall–Kier alpha value is -3.41. The van der Waals surface area contributed by atoms with Crippen LogP contribution in [0.1, 0.15) is 0 Å². The fraction of sp³-hybridized carbons (Fsp3) is 0.0556. The molecule has 2 heterocycles. The van der Waals surface area contributed by atoms with Gasteiger partial charge in [-0.1, -0.05) is 0 Å². The molecular weight excluding hydrogens is 312 g/mol. The Morgan fingerprint density at radius 2 is 1.71 bits per heavy atom. The SMILES string of the molecule is COc1cc(O)c(O)cc1-c1cc2cc3ccoc3cc2oc1=O. The maximum absolute atomic E-state index is 12.4. The molecule has 0 saturated carbocycles. The van der Waals surface area contributed by atoms with Crippen LogP contribution in [-0.2, 0) is 0 Å². The van der Waals surface area contributed by atoms with E-state index < -0.39 is 5.63 Å². The highest BCUT2D eigenvalue weighted by molar-refractivity contribution is 5.94. The molecule has 0 amide bonds. The quantitative estimate of drug-likeness (QED) is 0.432. The van der Waals surface area contributed by atoms with E-state index in [0.717, 1.165) is 5.39 Å². The van der Waals surface area contributed by atoms with E-state index in [-0.39, 0.29) is 22.8 Å². The maximum atomic E-state index is 12.4. The normalized spacial score (nSPS) is 11.2. The Morgan fingerprint density at radius 1 is 0.917 bits per heavy atom. The maximum Gasteiger partial charge on any atom is 0.344 e. The number of ether oxygens (including phenoxy) is 1. The van der Waals surface area contributed by atoms with Crippen molar-refractivity contribution in [1.82, 2.24) is 0 Å². The van der Waals surface area contributed by atoms with Gasteiger partial charge in [-0.25, -0.2) is 4.79 Å². The van der Waals surface area contributed by atoms with Crippen molar-refractivity contribution in [2.24, 2.45) is 0 Å². The zero-order valence-corrected chi connectivity index (χ0v) is 12.6. The molecule has 24 heavy (non-hydrogen) atoms. The Bertz CT molecular complexity index is 1140. The van der Waals surface area contributed by atoms with Crippen LogP contribution in [0.2, 0.25) is 0 Å². The lowest BCUT2D eigenvalue weighted by Crippen LogP contribution is -2.04. The first-order valence-electron chi connectivity index (χ1n) is 7.12. The highest BCUT2D eigenvalue weighted by Gasteiger charge is 2.16. The second kappa shape index (κ2) is 5.06. The Labute approximate surface area is 135 Å². The highest BCUT2D eigenvalue weighted by Crippen LogP contribution is 2.38. The summed E-state index contributed by atoms with van der Waals surface area (Å²) in [5.41, 5.74) is 0.983. The lowest BCUT2D eigenvalue weighted by Gasteiger charge is -2.10. The lowest BCUT2D eigenvalue weighted by molar-refractivity contribution is 0.387. The van der Waals surface area contributed by atoms with Crippen LogP contribution in [0.4, 0.5) is 0 Å². The Morgan fingerprint density at radius 3 is 2.50 bits per heavy atom. The van der Waals surface area contributed by atoms with Crippen LogP contribution < -0.4 is 10.4 Å². The molecule has 0 spiro atoms. The van der Waals surface area contributed by atoms with Gasteiger partial charge in [0.2, 0.25) is 0 Å². The fourth-order valence-corrected chi connectivity index (χ4v) is 2.70. The van der Waals surface area contributed by atoms with Crippen molar-refractivity contribution in [3.8, 4) is 28.4 Å². The average molecular weight is 324 g/mol. The molecule has 2 N–H and O–H groups in total. The summed E-state index contributed by atoms with van der Waals surface area (Å²) in [6.45, 7) is 0. The van der Waals surface area contributed by atoms with Crippen LogP contribution in [-0.4, -0.2) is 17.3 Å². The summed E-state index contributed by atoms with van der Waals surface area (Å²) in [6.07, 6.45) is 1.56. The number of phenols is 2. The molecule has 6 heteroatoms. The van der Waals surface area contributed by atoms with Gasteiger partial charge in [-0.2, -0.15) is 0 Å². The van der Waals surface area contributed by atoms with Gasteiger partial charge in [0.05, 0.1) is 18.9 Å². The summed E-state index contributed by atoms with van der Waals surface area (Å²) in [6, 6.07) is 9.47. The molecule has 4 aromatic rings. The third-order valence-electron chi connectivity index (χ3n) is 3.89. The van der Waals surface area contributed by atoms with Gasteiger partial charge in [-0.05, 0) is 24.3 Å². The molecule has 0 saturated heterocycles. The minimum absolute atomic E-state index is 0.220.